The highest BCUT2D eigenvalue weighted by Gasteiger charge is 2.34. The molecule has 1 aromatic heterocycles. The van der Waals surface area contributed by atoms with Crippen LogP contribution in [0, 0.1) is 0 Å². The van der Waals surface area contributed by atoms with Crippen LogP contribution < -0.4 is 5.32 Å². The van der Waals surface area contributed by atoms with Gasteiger partial charge in [-0.25, -0.2) is 8.42 Å². The van der Waals surface area contributed by atoms with E-state index in [4.69, 9.17) is 0 Å². The summed E-state index contributed by atoms with van der Waals surface area (Å²) in [6.45, 7) is 5.75. The quantitative estimate of drug-likeness (QED) is 0.895. The topological polar surface area (TPSA) is 49.4 Å². The number of piperazine rings is 1. The van der Waals surface area contributed by atoms with Crippen molar-refractivity contribution in [1.82, 2.24) is 9.62 Å². The molecule has 2 rings (SSSR count). The predicted octanol–water partition coefficient (Wildman–Crippen LogP) is 1.88. The van der Waals surface area contributed by atoms with Gasteiger partial charge in [0.15, 0.2) is 0 Å². The fraction of sp³-hybridized carbons (Fsp3) is 0.600. The van der Waals surface area contributed by atoms with Crippen LogP contribution in [0.1, 0.15) is 13.8 Å². The number of thiophene rings is 1. The van der Waals surface area contributed by atoms with E-state index in [1.54, 1.807) is 16.4 Å². The number of nitrogens with zero attached hydrogens (tertiary/aromatic N) is 1. The van der Waals surface area contributed by atoms with Gasteiger partial charge in [-0.05, 0) is 41.9 Å². The Hall–Kier alpha value is 0.0500. The van der Waals surface area contributed by atoms with Gasteiger partial charge in [0, 0.05) is 25.2 Å². The molecule has 7 heteroatoms. The smallest absolute Gasteiger partial charge is 0.252 e. The molecule has 0 aliphatic carbocycles. The minimum Gasteiger partial charge on any atom is -0.309 e. The summed E-state index contributed by atoms with van der Waals surface area (Å²) in [5.41, 5.74) is -0.167. The maximum atomic E-state index is 12.4. The van der Waals surface area contributed by atoms with Gasteiger partial charge in [0.05, 0.1) is 3.79 Å². The van der Waals surface area contributed by atoms with Crippen molar-refractivity contribution in [3.8, 4) is 0 Å². The fourth-order valence-electron chi connectivity index (χ4n) is 1.86. The number of hydrogen-bond acceptors (Lipinski definition) is 4. The van der Waals surface area contributed by atoms with Crippen molar-refractivity contribution in [2.45, 2.75) is 23.6 Å². The molecule has 96 valence electrons. The summed E-state index contributed by atoms with van der Waals surface area (Å²) in [5.74, 6) is 0. The molecule has 1 N–H and O–H groups in total. The lowest BCUT2D eigenvalue weighted by atomic mass is 10.0. The van der Waals surface area contributed by atoms with Crippen molar-refractivity contribution in [2.24, 2.45) is 0 Å². The Balaban J connectivity index is 2.27. The Kier molecular flexibility index (Phi) is 3.66. The van der Waals surface area contributed by atoms with Crippen molar-refractivity contribution in [2.75, 3.05) is 19.6 Å². The zero-order valence-corrected chi connectivity index (χ0v) is 13.0. The monoisotopic (exact) mass is 338 g/mol. The molecule has 4 nitrogen and oxygen atoms in total. The van der Waals surface area contributed by atoms with E-state index in [0.717, 1.165) is 3.79 Å². The van der Waals surface area contributed by atoms with Crippen molar-refractivity contribution < 1.29 is 8.42 Å². The summed E-state index contributed by atoms with van der Waals surface area (Å²) in [6.07, 6.45) is 0. The molecule has 1 aromatic rings. The number of hydrogen-bond donors (Lipinski definition) is 1. The first-order valence-electron chi connectivity index (χ1n) is 5.32. The van der Waals surface area contributed by atoms with E-state index in [2.05, 4.69) is 21.2 Å². The van der Waals surface area contributed by atoms with Gasteiger partial charge in [-0.15, -0.1) is 11.3 Å². The second kappa shape index (κ2) is 4.62. The summed E-state index contributed by atoms with van der Waals surface area (Å²) in [7, 11) is -3.33. The number of sulfonamides is 1. The van der Waals surface area contributed by atoms with E-state index in [9.17, 15) is 8.42 Å². The van der Waals surface area contributed by atoms with Crippen LogP contribution in [0.4, 0.5) is 0 Å². The van der Waals surface area contributed by atoms with Crippen molar-refractivity contribution in [1.29, 1.82) is 0 Å². The highest BCUT2D eigenvalue weighted by molar-refractivity contribution is 9.11. The van der Waals surface area contributed by atoms with E-state index in [1.807, 2.05) is 13.8 Å². The molecule has 0 bridgehead atoms. The Morgan fingerprint density at radius 3 is 2.71 bits per heavy atom. The lowest BCUT2D eigenvalue weighted by Crippen LogP contribution is -2.58. The normalized spacial score (nSPS) is 21.6. The average Bonchev–Trinajstić information content (AvgIpc) is 2.64. The minimum atomic E-state index is -3.33. The maximum Gasteiger partial charge on any atom is 0.252 e. The van der Waals surface area contributed by atoms with Crippen molar-refractivity contribution in [3.05, 3.63) is 15.9 Å². The van der Waals surface area contributed by atoms with Crippen LogP contribution in [-0.2, 0) is 10.0 Å². The van der Waals surface area contributed by atoms with Gasteiger partial charge < -0.3 is 5.32 Å². The van der Waals surface area contributed by atoms with Crippen LogP contribution in [0.2, 0.25) is 0 Å². The Bertz CT molecular complexity index is 510. The van der Waals surface area contributed by atoms with E-state index in [0.29, 0.717) is 23.8 Å². The van der Waals surface area contributed by atoms with Crippen LogP contribution in [0.25, 0.3) is 0 Å². The fourth-order valence-corrected chi connectivity index (χ4v) is 5.63. The Labute approximate surface area is 114 Å². The molecule has 1 fully saturated rings. The second-order valence-electron chi connectivity index (χ2n) is 4.71. The molecule has 0 saturated carbocycles. The second-order valence-corrected chi connectivity index (χ2v) is 9.34. The van der Waals surface area contributed by atoms with E-state index >= 15 is 0 Å². The predicted molar refractivity (Wildman–Crippen MR) is 72.9 cm³/mol. The number of halogens is 1. The summed E-state index contributed by atoms with van der Waals surface area (Å²) >= 11 is 4.55. The third kappa shape index (κ3) is 2.90. The molecule has 0 amide bonds. The van der Waals surface area contributed by atoms with Gasteiger partial charge in [0.25, 0.3) is 10.0 Å². The number of nitrogens with one attached hydrogen (secondary N) is 1. The summed E-state index contributed by atoms with van der Waals surface area (Å²) in [5, 5.41) is 3.31. The van der Waals surface area contributed by atoms with Gasteiger partial charge in [-0.2, -0.15) is 4.31 Å². The molecule has 0 unspecified atom stereocenters. The minimum absolute atomic E-state index is 0.167. The molecule has 1 aliphatic rings. The lowest BCUT2D eigenvalue weighted by molar-refractivity contribution is 0.234. The molecule has 0 spiro atoms. The summed E-state index contributed by atoms with van der Waals surface area (Å²) in [6, 6.07) is 3.42. The average molecular weight is 339 g/mol. The highest BCUT2D eigenvalue weighted by atomic mass is 79.9. The third-order valence-corrected chi connectivity index (χ3v) is 6.62. The van der Waals surface area contributed by atoms with Crippen LogP contribution in [-0.4, -0.2) is 37.9 Å². The maximum absolute atomic E-state index is 12.4. The molecular weight excluding hydrogens is 324 g/mol. The Morgan fingerprint density at radius 2 is 2.18 bits per heavy atom. The standard InChI is InChI=1S/C10H15BrN2O2S2/c1-10(2)7-13(6-5-12-10)17(14,15)9-4-3-8(11)16-9/h3-4,12H,5-7H2,1-2H3. The molecule has 0 radical (unpaired) electrons. The number of rotatable bonds is 2. The summed E-state index contributed by atoms with van der Waals surface area (Å²) < 4.78 is 27.6. The zero-order valence-electron chi connectivity index (χ0n) is 9.73. The van der Waals surface area contributed by atoms with Crippen molar-refractivity contribution in [3.63, 3.8) is 0 Å². The first-order chi connectivity index (χ1) is 7.81. The van der Waals surface area contributed by atoms with Gasteiger partial charge in [0.2, 0.25) is 0 Å². The summed E-state index contributed by atoms with van der Waals surface area (Å²) in [4.78, 5) is 0. The molecule has 1 saturated heterocycles. The molecule has 1 aliphatic heterocycles. The molecule has 0 atom stereocenters. The van der Waals surface area contributed by atoms with E-state index in [1.165, 1.54) is 11.3 Å². The largest absolute Gasteiger partial charge is 0.309 e. The third-order valence-electron chi connectivity index (χ3n) is 2.68. The van der Waals surface area contributed by atoms with E-state index < -0.39 is 10.0 Å². The zero-order chi connectivity index (χ0) is 12.7. The Morgan fingerprint density at radius 1 is 1.47 bits per heavy atom. The SMILES string of the molecule is CC1(C)CN(S(=O)(=O)c2ccc(Br)s2)CCN1. The van der Waals surface area contributed by atoms with Gasteiger partial charge in [-0.3, -0.25) is 0 Å². The molecule has 0 aromatic carbocycles. The van der Waals surface area contributed by atoms with Crippen molar-refractivity contribution >= 4 is 37.3 Å². The molecule has 2 heterocycles. The van der Waals surface area contributed by atoms with E-state index in [-0.39, 0.29) is 5.54 Å². The van der Waals surface area contributed by atoms with Crippen LogP contribution in [0.3, 0.4) is 0 Å². The van der Waals surface area contributed by atoms with Crippen LogP contribution in [0.15, 0.2) is 20.1 Å². The molecule has 17 heavy (non-hydrogen) atoms. The first kappa shape index (κ1) is 13.5. The van der Waals surface area contributed by atoms with Gasteiger partial charge >= 0.3 is 0 Å². The lowest BCUT2D eigenvalue weighted by Gasteiger charge is -2.37. The van der Waals surface area contributed by atoms with Gasteiger partial charge in [0.1, 0.15) is 4.21 Å². The molecular formula is C10H15BrN2O2S2. The highest BCUT2D eigenvalue weighted by Crippen LogP contribution is 2.29. The first-order valence-corrected chi connectivity index (χ1v) is 8.37. The van der Waals surface area contributed by atoms with Gasteiger partial charge in [-0.1, -0.05) is 0 Å². The van der Waals surface area contributed by atoms with Crippen LogP contribution in [0.5, 0.6) is 0 Å². The van der Waals surface area contributed by atoms with Crippen LogP contribution >= 0.6 is 27.3 Å².